The van der Waals surface area contributed by atoms with E-state index in [0.29, 0.717) is 40.8 Å². The van der Waals surface area contributed by atoms with Crippen molar-refractivity contribution in [2.45, 2.75) is 94.7 Å². The number of carboxylic acid groups (broad SMARTS) is 2. The lowest BCUT2D eigenvalue weighted by Gasteiger charge is -2.19. The number of esters is 2. The number of oxazole rings is 1. The number of nitrogens with one attached hydrogen (secondary N) is 2. The van der Waals surface area contributed by atoms with Crippen molar-refractivity contribution in [1.82, 2.24) is 20.6 Å². The first-order valence-electron chi connectivity index (χ1n) is 22.7. The van der Waals surface area contributed by atoms with Gasteiger partial charge in [0.05, 0.1) is 36.2 Å². The number of carbonyl (C=O) groups is 6. The van der Waals surface area contributed by atoms with Crippen molar-refractivity contribution in [2.24, 2.45) is 23.3 Å². The standard InChI is InChI=1S/C44H52ClN9O8S.2C2HF3O2/c1-25(2)17-35(48)41(57)51-15-13-37(55)60-23-32(62-38(56)14-16-52-42(58)36(49)18-26(3)4)22-59-31-11-7-27(8-12-31)39-33(19-46)40(50)54-44(34(39)20-47)63-24-30-21-61-43(53-30)28-5-9-29(45)10-6-28;2*3-2(4,5)1(6)7/h5-12,21,25-26,32,35-36H,13-18,22-24,48-49H2,1-4H3,(H2,50,54)(H,51,57)(H,52,58);2*(H,6,7)/t32-,35-,36-;;/m0../s1. The molecule has 21 nitrogen and oxygen atoms in total. The second-order valence-electron chi connectivity index (χ2n) is 16.9. The fourth-order valence-electron chi connectivity index (χ4n) is 6.03. The van der Waals surface area contributed by atoms with E-state index < -0.39 is 60.3 Å². The number of rotatable bonds is 23. The lowest BCUT2D eigenvalue weighted by atomic mass is 9.97. The molecule has 0 aliphatic carbocycles. The molecule has 10 N–H and O–H groups in total. The highest BCUT2D eigenvalue weighted by Gasteiger charge is 2.39. The Morgan fingerprint density at radius 3 is 1.70 bits per heavy atom. The molecule has 0 radical (unpaired) electrons. The van der Waals surface area contributed by atoms with Gasteiger partial charge in [-0.2, -0.15) is 36.9 Å². The first-order chi connectivity index (χ1) is 36.0. The molecular formula is C48H54ClF6N9O12S. The molecule has 4 aromatic rings. The van der Waals surface area contributed by atoms with E-state index in [9.17, 15) is 56.0 Å². The Morgan fingerprint density at radius 2 is 1.23 bits per heavy atom. The molecule has 2 aromatic carbocycles. The first kappa shape index (κ1) is 65.5. The molecule has 3 atom stereocenters. The average Bonchev–Trinajstić information content (AvgIpc) is 3.82. The summed E-state index contributed by atoms with van der Waals surface area (Å²) in [6.45, 7) is 7.11. The minimum absolute atomic E-state index is 0.00663. The van der Waals surface area contributed by atoms with Crippen LogP contribution in [0.1, 0.15) is 70.2 Å². The number of hydrogen-bond acceptors (Lipinski definition) is 18. The number of carboxylic acids is 2. The number of nitrogens with zero attached hydrogens (tertiary/aromatic N) is 4. The van der Waals surface area contributed by atoms with E-state index >= 15 is 0 Å². The molecule has 0 fully saturated rings. The number of alkyl halides is 6. The van der Waals surface area contributed by atoms with Gasteiger partial charge in [-0.25, -0.2) is 19.6 Å². The Morgan fingerprint density at radius 1 is 0.753 bits per heavy atom. The molecule has 29 heteroatoms. The summed E-state index contributed by atoms with van der Waals surface area (Å²) in [5.74, 6) is -6.30. The monoisotopic (exact) mass is 1130 g/mol. The normalized spacial score (nSPS) is 12.2. The van der Waals surface area contributed by atoms with E-state index in [4.69, 9.17) is 67.2 Å². The molecule has 2 aromatic heterocycles. The van der Waals surface area contributed by atoms with Crippen LogP contribution in [0.15, 0.2) is 64.2 Å². The number of nitrogen functional groups attached to an aromatic ring is 1. The van der Waals surface area contributed by atoms with E-state index in [1.807, 2.05) is 27.7 Å². The van der Waals surface area contributed by atoms with Crippen LogP contribution in [0, 0.1) is 34.5 Å². The Bertz CT molecular complexity index is 2690. The van der Waals surface area contributed by atoms with Gasteiger partial charge in [0.2, 0.25) is 17.7 Å². The largest absolute Gasteiger partial charge is 0.490 e. The van der Waals surface area contributed by atoms with Gasteiger partial charge in [-0.05, 0) is 66.6 Å². The number of ether oxygens (including phenoxy) is 3. The zero-order valence-electron chi connectivity index (χ0n) is 41.5. The highest BCUT2D eigenvalue weighted by atomic mass is 35.5. The van der Waals surface area contributed by atoms with Crippen LogP contribution in [-0.2, 0) is 44.0 Å². The van der Waals surface area contributed by atoms with Crippen LogP contribution in [0.2, 0.25) is 5.02 Å². The number of benzene rings is 2. The summed E-state index contributed by atoms with van der Waals surface area (Å²) in [4.78, 5) is 76.7. The van der Waals surface area contributed by atoms with Crippen molar-refractivity contribution in [3.63, 3.8) is 0 Å². The highest BCUT2D eigenvalue weighted by Crippen LogP contribution is 2.37. The van der Waals surface area contributed by atoms with E-state index in [1.165, 1.54) is 18.0 Å². The number of aromatic nitrogens is 2. The number of amides is 2. The van der Waals surface area contributed by atoms with Gasteiger partial charge < -0.3 is 56.7 Å². The number of hydrogen-bond donors (Lipinski definition) is 7. The summed E-state index contributed by atoms with van der Waals surface area (Å²) in [7, 11) is 0. The van der Waals surface area contributed by atoms with Crippen LogP contribution in [0.25, 0.3) is 22.6 Å². The molecule has 0 saturated heterocycles. The van der Waals surface area contributed by atoms with Gasteiger partial charge in [0.15, 0.2) is 6.10 Å². The van der Waals surface area contributed by atoms with Gasteiger partial charge >= 0.3 is 36.2 Å². The number of aliphatic carboxylic acids is 2. The van der Waals surface area contributed by atoms with Crippen LogP contribution in [0.5, 0.6) is 5.75 Å². The highest BCUT2D eigenvalue weighted by molar-refractivity contribution is 7.98. The summed E-state index contributed by atoms with van der Waals surface area (Å²) in [6.07, 6.45) is -9.12. The summed E-state index contributed by atoms with van der Waals surface area (Å²) < 4.78 is 86.0. The predicted octanol–water partition coefficient (Wildman–Crippen LogP) is 6.53. The number of halogens is 7. The van der Waals surface area contributed by atoms with Crippen LogP contribution in [0.3, 0.4) is 0 Å². The lowest BCUT2D eigenvalue weighted by molar-refractivity contribution is -0.193. The second-order valence-corrected chi connectivity index (χ2v) is 18.3. The van der Waals surface area contributed by atoms with Crippen molar-refractivity contribution in [3.8, 4) is 40.5 Å². The fraction of sp³-hybridized carbons (Fsp3) is 0.417. The summed E-state index contributed by atoms with van der Waals surface area (Å²) in [5.41, 5.74) is 20.3. The maximum atomic E-state index is 12.9. The van der Waals surface area contributed by atoms with E-state index in [0.717, 1.165) is 5.56 Å². The Kier molecular flexibility index (Phi) is 26.7. The zero-order chi connectivity index (χ0) is 58.2. The predicted molar refractivity (Wildman–Crippen MR) is 264 cm³/mol. The summed E-state index contributed by atoms with van der Waals surface area (Å²) in [5, 5.41) is 40.7. The third-order valence-electron chi connectivity index (χ3n) is 9.59. The third-order valence-corrected chi connectivity index (χ3v) is 10.8. The van der Waals surface area contributed by atoms with Crippen molar-refractivity contribution in [1.29, 1.82) is 10.5 Å². The van der Waals surface area contributed by atoms with Gasteiger partial charge in [0, 0.05) is 35.0 Å². The molecule has 2 heterocycles. The summed E-state index contributed by atoms with van der Waals surface area (Å²) in [6, 6.07) is 16.3. The number of nitriles is 2. The van der Waals surface area contributed by atoms with Crippen LogP contribution >= 0.6 is 23.4 Å². The Hall–Kier alpha value is -7.66. The quantitative estimate of drug-likeness (QED) is 0.0235. The number of pyridine rings is 1. The van der Waals surface area contributed by atoms with Gasteiger partial charge in [0.25, 0.3) is 0 Å². The first-order valence-corrected chi connectivity index (χ1v) is 24.0. The number of nitrogens with two attached hydrogens (primary N) is 3. The molecular weight excluding hydrogens is 1080 g/mol. The maximum absolute atomic E-state index is 12.9. The Labute approximate surface area is 445 Å². The van der Waals surface area contributed by atoms with E-state index in [1.54, 1.807) is 48.5 Å². The molecule has 77 heavy (non-hydrogen) atoms. The van der Waals surface area contributed by atoms with Crippen molar-refractivity contribution >= 4 is 64.9 Å². The number of carbonyl (C=O) groups excluding carboxylic acids is 4. The van der Waals surface area contributed by atoms with Gasteiger partial charge in [0.1, 0.15) is 53.8 Å². The topological polar surface area (TPSA) is 359 Å². The van der Waals surface area contributed by atoms with Crippen LogP contribution in [0.4, 0.5) is 32.2 Å². The second kappa shape index (κ2) is 31.4. The number of anilines is 1. The number of thioether (sulfide) groups is 1. The zero-order valence-corrected chi connectivity index (χ0v) is 43.1. The van der Waals surface area contributed by atoms with E-state index in [2.05, 4.69) is 32.7 Å². The molecule has 2 amide bonds. The Balaban J connectivity index is 0.00000127. The van der Waals surface area contributed by atoms with E-state index in [-0.39, 0.29) is 90.2 Å². The van der Waals surface area contributed by atoms with Gasteiger partial charge in [-0.3, -0.25) is 19.2 Å². The smallest absolute Gasteiger partial charge is 0.490 e. The maximum Gasteiger partial charge on any atom is 0.490 e. The summed E-state index contributed by atoms with van der Waals surface area (Å²) >= 11 is 7.20. The van der Waals surface area contributed by atoms with Crippen LogP contribution in [-0.4, -0.2) is 113 Å². The molecule has 0 spiro atoms. The fourth-order valence-corrected chi connectivity index (χ4v) is 7.02. The van der Waals surface area contributed by atoms with Gasteiger partial charge in [-0.15, -0.1) is 0 Å². The van der Waals surface area contributed by atoms with Gasteiger partial charge in [-0.1, -0.05) is 63.2 Å². The molecule has 0 saturated carbocycles. The van der Waals surface area contributed by atoms with Crippen molar-refractivity contribution in [3.05, 3.63) is 76.6 Å². The lowest BCUT2D eigenvalue weighted by Crippen LogP contribution is -2.42. The van der Waals surface area contributed by atoms with Crippen LogP contribution < -0.4 is 32.6 Å². The van der Waals surface area contributed by atoms with Crippen molar-refractivity contribution < 1.29 is 84.0 Å². The minimum Gasteiger partial charge on any atom is -0.490 e. The molecule has 418 valence electrons. The molecule has 0 bridgehead atoms. The minimum atomic E-state index is -5.08. The third kappa shape index (κ3) is 23.8. The molecule has 0 unspecified atom stereocenters. The average molecular weight is 1130 g/mol. The molecule has 4 rings (SSSR count). The van der Waals surface area contributed by atoms with Crippen molar-refractivity contribution in [2.75, 3.05) is 32.0 Å². The SMILES string of the molecule is CC(C)C[C@H](N)C(=O)NCCC(=O)OC[C@H](COc1ccc(-c2c(C#N)c(N)nc(SCc3coc(-c4ccc(Cl)cc4)n3)c2C#N)cc1)OC(=O)CCNC(=O)[C@@H](N)CC(C)C.O=C(O)C(F)(F)F.O=C(O)C(F)(F)F. The molecule has 0 aliphatic heterocycles. The molecule has 0 aliphatic rings.